The van der Waals surface area contributed by atoms with Crippen molar-refractivity contribution in [2.24, 2.45) is 11.7 Å². The second-order valence-electron chi connectivity index (χ2n) is 6.15. The summed E-state index contributed by atoms with van der Waals surface area (Å²) in [5.41, 5.74) is 5.92. The third-order valence-corrected chi connectivity index (χ3v) is 4.18. The molecule has 2 aliphatic rings. The van der Waals surface area contributed by atoms with E-state index in [1.165, 1.54) is 0 Å². The molecule has 2 amide bonds. The predicted molar refractivity (Wildman–Crippen MR) is 73.3 cm³/mol. The van der Waals surface area contributed by atoms with Crippen LogP contribution in [0.2, 0.25) is 0 Å². The van der Waals surface area contributed by atoms with Crippen molar-refractivity contribution in [3.63, 3.8) is 0 Å². The van der Waals surface area contributed by atoms with E-state index in [0.717, 1.165) is 25.8 Å². The van der Waals surface area contributed by atoms with Crippen LogP contribution in [0.15, 0.2) is 0 Å². The molecule has 5 nitrogen and oxygen atoms in total. The fraction of sp³-hybridized carbons (Fsp3) is 0.857. The number of nitrogens with two attached hydrogens (primary N) is 1. The fourth-order valence-corrected chi connectivity index (χ4v) is 2.83. The minimum absolute atomic E-state index is 0.0248. The minimum atomic E-state index is -0.426. The average Bonchev–Trinajstić information content (AvgIpc) is 3.04. The summed E-state index contributed by atoms with van der Waals surface area (Å²) >= 11 is 0. The maximum absolute atomic E-state index is 12.2. The van der Waals surface area contributed by atoms with Gasteiger partial charge in [0.25, 0.3) is 0 Å². The summed E-state index contributed by atoms with van der Waals surface area (Å²) < 4.78 is 0. The van der Waals surface area contributed by atoms with Gasteiger partial charge in [-0.1, -0.05) is 13.8 Å². The molecule has 0 radical (unpaired) electrons. The molecule has 1 saturated carbocycles. The van der Waals surface area contributed by atoms with Crippen LogP contribution in [0.1, 0.15) is 40.0 Å². The number of hydrogen-bond donors (Lipinski definition) is 1. The van der Waals surface area contributed by atoms with Crippen LogP contribution in [-0.2, 0) is 9.59 Å². The summed E-state index contributed by atoms with van der Waals surface area (Å²) in [6.07, 6.45) is 3.09. The van der Waals surface area contributed by atoms with Crippen molar-refractivity contribution in [1.29, 1.82) is 0 Å². The van der Waals surface area contributed by atoms with Crippen molar-refractivity contribution in [1.82, 2.24) is 9.80 Å². The van der Waals surface area contributed by atoms with Gasteiger partial charge in [-0.3, -0.25) is 9.59 Å². The number of nitrogens with zero attached hydrogens (tertiary/aromatic N) is 2. The van der Waals surface area contributed by atoms with Gasteiger partial charge in [-0.25, -0.2) is 0 Å². The first-order valence-electron chi connectivity index (χ1n) is 7.25. The summed E-state index contributed by atoms with van der Waals surface area (Å²) in [4.78, 5) is 27.7. The van der Waals surface area contributed by atoms with Gasteiger partial charge >= 0.3 is 0 Å². The SMILES string of the molecule is CC(=O)N(C1CC1)C1CCN(C(=O)[C@@H](N)C(C)C)C1. The van der Waals surface area contributed by atoms with Gasteiger partial charge in [-0.05, 0) is 25.2 Å². The molecule has 19 heavy (non-hydrogen) atoms. The Morgan fingerprint density at radius 2 is 1.84 bits per heavy atom. The van der Waals surface area contributed by atoms with Gasteiger partial charge in [-0.2, -0.15) is 0 Å². The van der Waals surface area contributed by atoms with Gasteiger partial charge in [0, 0.05) is 26.1 Å². The molecule has 108 valence electrons. The standard InChI is InChI=1S/C14H25N3O2/c1-9(2)13(15)14(19)16-7-6-12(8-16)17(10(3)18)11-4-5-11/h9,11-13H,4-8,15H2,1-3H3/t12?,13-/m0/s1. The lowest BCUT2D eigenvalue weighted by molar-refractivity contribution is -0.135. The molecule has 1 aliphatic heterocycles. The average molecular weight is 267 g/mol. The molecule has 1 aliphatic carbocycles. The maximum atomic E-state index is 12.2. The van der Waals surface area contributed by atoms with Crippen LogP contribution in [0.25, 0.3) is 0 Å². The molecule has 0 bridgehead atoms. The molecule has 2 fully saturated rings. The van der Waals surface area contributed by atoms with Crippen molar-refractivity contribution in [3.05, 3.63) is 0 Å². The molecule has 1 heterocycles. The zero-order chi connectivity index (χ0) is 14.2. The second-order valence-corrected chi connectivity index (χ2v) is 6.15. The van der Waals surface area contributed by atoms with E-state index in [4.69, 9.17) is 5.73 Å². The van der Waals surface area contributed by atoms with Crippen LogP contribution in [-0.4, -0.2) is 52.8 Å². The van der Waals surface area contributed by atoms with Crippen LogP contribution in [0, 0.1) is 5.92 Å². The summed E-state index contributed by atoms with van der Waals surface area (Å²) in [6.45, 7) is 6.92. The highest BCUT2D eigenvalue weighted by molar-refractivity contribution is 5.82. The minimum Gasteiger partial charge on any atom is -0.339 e. The lowest BCUT2D eigenvalue weighted by Crippen LogP contribution is -2.48. The van der Waals surface area contributed by atoms with Crippen molar-refractivity contribution < 1.29 is 9.59 Å². The fourth-order valence-electron chi connectivity index (χ4n) is 2.83. The van der Waals surface area contributed by atoms with Gasteiger partial charge in [0.15, 0.2) is 0 Å². The third-order valence-electron chi connectivity index (χ3n) is 4.18. The molecule has 2 rings (SSSR count). The number of likely N-dealkylation sites (tertiary alicyclic amines) is 1. The number of carbonyl (C=O) groups is 2. The number of amides is 2. The predicted octanol–water partition coefficient (Wildman–Crippen LogP) is 0.582. The van der Waals surface area contributed by atoms with Crippen LogP contribution in [0.5, 0.6) is 0 Å². The van der Waals surface area contributed by atoms with E-state index in [-0.39, 0.29) is 23.8 Å². The second kappa shape index (κ2) is 5.49. The van der Waals surface area contributed by atoms with Crippen LogP contribution < -0.4 is 5.73 Å². The summed E-state index contributed by atoms with van der Waals surface area (Å²) in [5.74, 6) is 0.311. The molecule has 0 spiro atoms. The smallest absolute Gasteiger partial charge is 0.239 e. The number of rotatable bonds is 4. The van der Waals surface area contributed by atoms with E-state index in [0.29, 0.717) is 12.6 Å². The van der Waals surface area contributed by atoms with Crippen molar-refractivity contribution >= 4 is 11.8 Å². The Kier molecular flexibility index (Phi) is 4.13. The van der Waals surface area contributed by atoms with Crippen molar-refractivity contribution in [2.75, 3.05) is 13.1 Å². The highest BCUT2D eigenvalue weighted by Crippen LogP contribution is 2.31. The van der Waals surface area contributed by atoms with E-state index >= 15 is 0 Å². The summed E-state index contributed by atoms with van der Waals surface area (Å²) in [5, 5.41) is 0. The Morgan fingerprint density at radius 3 is 2.32 bits per heavy atom. The van der Waals surface area contributed by atoms with Gasteiger partial charge < -0.3 is 15.5 Å². The maximum Gasteiger partial charge on any atom is 0.239 e. The van der Waals surface area contributed by atoms with Crippen LogP contribution in [0.4, 0.5) is 0 Å². The Balaban J connectivity index is 1.95. The van der Waals surface area contributed by atoms with Gasteiger partial charge in [0.1, 0.15) is 0 Å². The zero-order valence-corrected chi connectivity index (χ0v) is 12.1. The molecule has 1 unspecified atom stereocenters. The normalized spacial score (nSPS) is 24.7. The molecule has 0 aromatic carbocycles. The third kappa shape index (κ3) is 3.08. The van der Waals surface area contributed by atoms with E-state index in [1.807, 2.05) is 23.6 Å². The first-order chi connectivity index (χ1) is 8.91. The van der Waals surface area contributed by atoms with Crippen LogP contribution in [0.3, 0.4) is 0 Å². The van der Waals surface area contributed by atoms with E-state index in [1.54, 1.807) is 6.92 Å². The highest BCUT2D eigenvalue weighted by Gasteiger charge is 2.40. The Labute approximate surface area is 115 Å². The monoisotopic (exact) mass is 267 g/mol. The largest absolute Gasteiger partial charge is 0.339 e. The molecule has 0 aromatic heterocycles. The van der Waals surface area contributed by atoms with Crippen molar-refractivity contribution in [3.8, 4) is 0 Å². The van der Waals surface area contributed by atoms with E-state index < -0.39 is 6.04 Å². The number of carbonyl (C=O) groups excluding carboxylic acids is 2. The Bertz CT molecular complexity index is 366. The molecule has 5 heteroatoms. The van der Waals surface area contributed by atoms with E-state index in [9.17, 15) is 9.59 Å². The Hall–Kier alpha value is -1.10. The highest BCUT2D eigenvalue weighted by atomic mass is 16.2. The molecule has 1 saturated heterocycles. The quantitative estimate of drug-likeness (QED) is 0.810. The Morgan fingerprint density at radius 1 is 1.21 bits per heavy atom. The number of hydrogen-bond acceptors (Lipinski definition) is 3. The van der Waals surface area contributed by atoms with Crippen molar-refractivity contribution in [2.45, 2.75) is 58.2 Å². The van der Waals surface area contributed by atoms with Crippen LogP contribution >= 0.6 is 0 Å². The first kappa shape index (κ1) is 14.3. The molecular weight excluding hydrogens is 242 g/mol. The van der Waals surface area contributed by atoms with Gasteiger partial charge in [0.2, 0.25) is 11.8 Å². The zero-order valence-electron chi connectivity index (χ0n) is 12.1. The summed E-state index contributed by atoms with van der Waals surface area (Å²) in [6, 6.07) is 0.176. The molecular formula is C14H25N3O2. The topological polar surface area (TPSA) is 66.6 Å². The van der Waals surface area contributed by atoms with Gasteiger partial charge in [0.05, 0.1) is 12.1 Å². The van der Waals surface area contributed by atoms with Gasteiger partial charge in [-0.15, -0.1) is 0 Å². The lowest BCUT2D eigenvalue weighted by Gasteiger charge is -2.29. The molecule has 0 aromatic rings. The molecule has 2 N–H and O–H groups in total. The lowest BCUT2D eigenvalue weighted by atomic mass is 10.0. The van der Waals surface area contributed by atoms with E-state index in [2.05, 4.69) is 0 Å². The first-order valence-corrected chi connectivity index (χ1v) is 7.25. The summed E-state index contributed by atoms with van der Waals surface area (Å²) in [7, 11) is 0. The molecule has 2 atom stereocenters.